The Labute approximate surface area is 86.8 Å². The van der Waals surface area contributed by atoms with Gasteiger partial charge >= 0.3 is 11.8 Å². The molecule has 0 aromatic rings. The van der Waals surface area contributed by atoms with Crippen LogP contribution in [0.1, 0.15) is 20.8 Å². The molecule has 0 aromatic carbocycles. The Bertz CT molecular complexity index is 200. The second kappa shape index (κ2) is 5.50. The zero-order valence-corrected chi connectivity index (χ0v) is 9.33. The first-order chi connectivity index (χ1) is 6.31. The molecule has 0 saturated carbocycles. The molecule has 0 aliphatic carbocycles. The average Bonchev–Trinajstić information content (AvgIpc) is 2.12. The lowest BCUT2D eigenvalue weighted by molar-refractivity contribution is -0.142. The number of carbonyl (C=O) groups excluding carboxylic acids is 1. The van der Waals surface area contributed by atoms with Crippen molar-refractivity contribution < 1.29 is 13.6 Å². The lowest BCUT2D eigenvalue weighted by Gasteiger charge is -2.19. The van der Waals surface area contributed by atoms with Crippen molar-refractivity contribution in [3.05, 3.63) is 0 Å². The van der Waals surface area contributed by atoms with Crippen LogP contribution in [0.5, 0.6) is 0 Å². The molecule has 0 heterocycles. The van der Waals surface area contributed by atoms with E-state index in [4.69, 9.17) is 0 Å². The Morgan fingerprint density at radius 3 is 2.36 bits per heavy atom. The smallest absolute Gasteiger partial charge is 0.289 e. The monoisotopic (exact) mass is 226 g/mol. The van der Waals surface area contributed by atoms with E-state index < -0.39 is 17.6 Å². The molecular formula is C8H16F2N2OS. The summed E-state index contributed by atoms with van der Waals surface area (Å²) in [7, 11) is 0. The van der Waals surface area contributed by atoms with Crippen molar-refractivity contribution in [2.75, 3.05) is 5.75 Å². The summed E-state index contributed by atoms with van der Waals surface area (Å²) in [4.78, 5) is 10.6. The van der Waals surface area contributed by atoms with Crippen LogP contribution in [0.15, 0.2) is 0 Å². The number of nitrogens with two attached hydrogens (primary N) is 1. The van der Waals surface area contributed by atoms with E-state index >= 15 is 0 Å². The molecule has 0 rings (SSSR count). The summed E-state index contributed by atoms with van der Waals surface area (Å²) < 4.78 is 25.9. The van der Waals surface area contributed by atoms with Gasteiger partial charge in [-0.3, -0.25) is 10.2 Å². The Hall–Kier alpha value is -0.360. The summed E-state index contributed by atoms with van der Waals surface area (Å²) in [6.07, 6.45) is 0. The Kier molecular flexibility index (Phi) is 5.36. The summed E-state index contributed by atoms with van der Waals surface area (Å²) in [6, 6.07) is 0. The van der Waals surface area contributed by atoms with E-state index in [2.05, 4.69) is 5.84 Å². The van der Waals surface area contributed by atoms with Crippen LogP contribution < -0.4 is 11.3 Å². The van der Waals surface area contributed by atoms with Gasteiger partial charge in [0.25, 0.3) is 0 Å². The predicted molar refractivity (Wildman–Crippen MR) is 54.0 cm³/mol. The van der Waals surface area contributed by atoms with Gasteiger partial charge in [0, 0.05) is 5.25 Å². The minimum absolute atomic E-state index is 0.0893. The van der Waals surface area contributed by atoms with Crippen molar-refractivity contribution in [3.63, 3.8) is 0 Å². The molecule has 6 heteroatoms. The first-order valence-electron chi connectivity index (χ1n) is 4.31. The van der Waals surface area contributed by atoms with Crippen molar-refractivity contribution in [1.29, 1.82) is 0 Å². The fourth-order valence-corrected chi connectivity index (χ4v) is 1.59. The zero-order chi connectivity index (χ0) is 11.4. The number of nitrogens with one attached hydrogen (secondary N) is 1. The molecule has 0 spiro atoms. The largest absolute Gasteiger partial charge is 0.334 e. The maximum atomic E-state index is 12.9. The van der Waals surface area contributed by atoms with E-state index in [0.29, 0.717) is 5.92 Å². The topological polar surface area (TPSA) is 55.1 Å². The molecule has 84 valence electrons. The number of halogens is 2. The molecule has 1 unspecified atom stereocenters. The highest BCUT2D eigenvalue weighted by molar-refractivity contribution is 8.00. The maximum absolute atomic E-state index is 12.9. The number of carbonyl (C=O) groups is 1. The number of amides is 1. The summed E-state index contributed by atoms with van der Waals surface area (Å²) in [6.45, 7) is 5.74. The molecule has 1 atom stereocenters. The number of rotatable bonds is 5. The van der Waals surface area contributed by atoms with Crippen molar-refractivity contribution in [1.82, 2.24) is 5.43 Å². The van der Waals surface area contributed by atoms with Gasteiger partial charge in [-0.2, -0.15) is 20.5 Å². The fourth-order valence-electron chi connectivity index (χ4n) is 0.600. The Balaban J connectivity index is 4.05. The molecule has 0 saturated heterocycles. The molecule has 0 aliphatic rings. The number of hydrogen-bond acceptors (Lipinski definition) is 3. The molecule has 14 heavy (non-hydrogen) atoms. The highest BCUT2D eigenvalue weighted by Crippen LogP contribution is 2.26. The molecule has 0 aromatic heterocycles. The van der Waals surface area contributed by atoms with Crippen LogP contribution in [-0.2, 0) is 4.79 Å². The second-order valence-electron chi connectivity index (χ2n) is 3.44. The standard InChI is InChI=1S/C8H16F2N2OS/c1-5(2)6(3)14-4-8(9,10)7(13)12-11/h5-6H,4,11H2,1-3H3,(H,12,13). The van der Waals surface area contributed by atoms with Crippen molar-refractivity contribution in [3.8, 4) is 0 Å². The lowest BCUT2D eigenvalue weighted by atomic mass is 10.2. The third-order valence-electron chi connectivity index (χ3n) is 1.93. The third-order valence-corrected chi connectivity index (χ3v) is 3.53. The van der Waals surface area contributed by atoms with E-state index in [1.807, 2.05) is 20.8 Å². The van der Waals surface area contributed by atoms with Crippen molar-refractivity contribution >= 4 is 17.7 Å². The lowest BCUT2D eigenvalue weighted by Crippen LogP contribution is -2.45. The molecule has 0 fully saturated rings. The van der Waals surface area contributed by atoms with Crippen LogP contribution in [0, 0.1) is 5.92 Å². The molecule has 0 aliphatic heterocycles. The fraction of sp³-hybridized carbons (Fsp3) is 0.875. The maximum Gasteiger partial charge on any atom is 0.334 e. The zero-order valence-electron chi connectivity index (χ0n) is 8.51. The van der Waals surface area contributed by atoms with E-state index in [-0.39, 0.29) is 5.25 Å². The Morgan fingerprint density at radius 2 is 2.00 bits per heavy atom. The average molecular weight is 226 g/mol. The van der Waals surface area contributed by atoms with Gasteiger partial charge < -0.3 is 0 Å². The first kappa shape index (κ1) is 13.6. The van der Waals surface area contributed by atoms with Crippen LogP contribution in [-0.4, -0.2) is 22.8 Å². The van der Waals surface area contributed by atoms with Crippen molar-refractivity contribution in [2.45, 2.75) is 31.9 Å². The SMILES string of the molecule is CC(C)C(C)SCC(F)(F)C(=O)NN. The molecule has 0 radical (unpaired) electrons. The molecule has 3 nitrogen and oxygen atoms in total. The predicted octanol–water partition coefficient (Wildman–Crippen LogP) is 1.39. The minimum Gasteiger partial charge on any atom is -0.289 e. The van der Waals surface area contributed by atoms with Gasteiger partial charge in [-0.1, -0.05) is 20.8 Å². The number of alkyl halides is 2. The van der Waals surface area contributed by atoms with Crippen LogP contribution in [0.2, 0.25) is 0 Å². The summed E-state index contributed by atoms with van der Waals surface area (Å²) in [5.41, 5.74) is 1.46. The second-order valence-corrected chi connectivity index (χ2v) is 4.80. The van der Waals surface area contributed by atoms with Gasteiger partial charge in [0.1, 0.15) is 0 Å². The number of thioether (sulfide) groups is 1. The van der Waals surface area contributed by atoms with Crippen LogP contribution in [0.4, 0.5) is 8.78 Å². The molecule has 3 N–H and O–H groups in total. The number of hydrogen-bond donors (Lipinski definition) is 2. The minimum atomic E-state index is -3.39. The van der Waals surface area contributed by atoms with Gasteiger partial charge in [-0.25, -0.2) is 5.84 Å². The normalized spacial score (nSPS) is 14.2. The van der Waals surface area contributed by atoms with E-state index in [1.54, 1.807) is 0 Å². The summed E-state index contributed by atoms with van der Waals surface area (Å²) in [5.74, 6) is -0.410. The van der Waals surface area contributed by atoms with Crippen LogP contribution >= 0.6 is 11.8 Å². The highest BCUT2D eigenvalue weighted by atomic mass is 32.2. The summed E-state index contributed by atoms with van der Waals surface area (Å²) in [5, 5.41) is 0.0893. The molecular weight excluding hydrogens is 210 g/mol. The van der Waals surface area contributed by atoms with Crippen LogP contribution in [0.25, 0.3) is 0 Å². The van der Waals surface area contributed by atoms with E-state index in [0.717, 1.165) is 11.8 Å². The van der Waals surface area contributed by atoms with Gasteiger partial charge in [-0.15, -0.1) is 0 Å². The van der Waals surface area contributed by atoms with Gasteiger partial charge in [0.15, 0.2) is 0 Å². The molecule has 0 bridgehead atoms. The van der Waals surface area contributed by atoms with E-state index in [9.17, 15) is 13.6 Å². The molecule has 1 amide bonds. The summed E-state index contributed by atoms with van der Waals surface area (Å²) >= 11 is 1.07. The van der Waals surface area contributed by atoms with Gasteiger partial charge in [0.05, 0.1) is 5.75 Å². The third kappa shape index (κ3) is 4.23. The van der Waals surface area contributed by atoms with E-state index in [1.165, 1.54) is 5.43 Å². The number of hydrazine groups is 1. The van der Waals surface area contributed by atoms with Crippen molar-refractivity contribution in [2.24, 2.45) is 11.8 Å². The first-order valence-corrected chi connectivity index (χ1v) is 5.36. The van der Waals surface area contributed by atoms with Gasteiger partial charge in [-0.05, 0) is 5.92 Å². The quantitative estimate of drug-likeness (QED) is 0.423. The van der Waals surface area contributed by atoms with Gasteiger partial charge in [0.2, 0.25) is 0 Å². The Morgan fingerprint density at radius 1 is 1.50 bits per heavy atom. The highest BCUT2D eigenvalue weighted by Gasteiger charge is 2.38. The van der Waals surface area contributed by atoms with Crippen LogP contribution in [0.3, 0.4) is 0 Å².